The van der Waals surface area contributed by atoms with Crippen molar-refractivity contribution in [1.29, 1.82) is 0 Å². The van der Waals surface area contributed by atoms with Crippen LogP contribution in [0.5, 0.6) is 0 Å². The average Bonchev–Trinajstić information content (AvgIpc) is 2.40. The summed E-state index contributed by atoms with van der Waals surface area (Å²) in [6.45, 7) is 1.86. The average molecular weight is 268 g/mol. The van der Waals surface area contributed by atoms with Crippen LogP contribution in [0.4, 0.5) is 20.2 Å². The molecule has 1 fully saturated rings. The molecule has 2 rings (SSSR count). The third kappa shape index (κ3) is 2.69. The largest absolute Gasteiger partial charge is 0.397 e. The molecule has 0 saturated heterocycles. The quantitative estimate of drug-likeness (QED) is 0.807. The van der Waals surface area contributed by atoms with Gasteiger partial charge in [-0.05, 0) is 25.0 Å². The predicted molar refractivity (Wildman–Crippen MR) is 70.6 cm³/mol. The van der Waals surface area contributed by atoms with E-state index in [9.17, 15) is 13.6 Å². The first-order chi connectivity index (χ1) is 8.94. The number of nitrogens with one attached hydrogen (secondary N) is 1. The minimum absolute atomic E-state index is 0.0339. The zero-order valence-corrected chi connectivity index (χ0v) is 10.9. The number of amides is 1. The lowest BCUT2D eigenvalue weighted by atomic mass is 9.75. The molecule has 1 aliphatic rings. The Balaban J connectivity index is 2.21. The predicted octanol–water partition coefficient (Wildman–Crippen LogP) is 3.46. The van der Waals surface area contributed by atoms with Gasteiger partial charge in [-0.25, -0.2) is 8.78 Å². The number of rotatable bonds is 2. The molecule has 0 aromatic heterocycles. The minimum Gasteiger partial charge on any atom is -0.397 e. The van der Waals surface area contributed by atoms with Crippen molar-refractivity contribution < 1.29 is 13.6 Å². The van der Waals surface area contributed by atoms with Crippen molar-refractivity contribution in [1.82, 2.24) is 0 Å². The number of nitrogen functional groups attached to an aromatic ring is 1. The molecule has 0 heterocycles. The maximum atomic E-state index is 13.6. The van der Waals surface area contributed by atoms with E-state index in [0.717, 1.165) is 38.2 Å². The van der Waals surface area contributed by atoms with Crippen LogP contribution in [0.15, 0.2) is 12.1 Å². The van der Waals surface area contributed by atoms with Gasteiger partial charge in [0.2, 0.25) is 5.91 Å². The monoisotopic (exact) mass is 268 g/mol. The van der Waals surface area contributed by atoms with Gasteiger partial charge in [0.15, 0.2) is 11.6 Å². The molecule has 3 nitrogen and oxygen atoms in total. The first kappa shape index (κ1) is 13.8. The van der Waals surface area contributed by atoms with Crippen molar-refractivity contribution in [3.05, 3.63) is 23.8 Å². The molecule has 3 N–H and O–H groups in total. The number of halogens is 2. The summed E-state index contributed by atoms with van der Waals surface area (Å²) in [5, 5.41) is 2.45. The number of nitrogens with two attached hydrogens (primary N) is 1. The van der Waals surface area contributed by atoms with E-state index < -0.39 is 17.0 Å². The van der Waals surface area contributed by atoms with Gasteiger partial charge < -0.3 is 11.1 Å². The molecule has 1 aliphatic carbocycles. The summed E-state index contributed by atoms with van der Waals surface area (Å²) in [5.41, 5.74) is 4.85. The molecule has 0 spiro atoms. The zero-order chi connectivity index (χ0) is 14.0. The molecule has 19 heavy (non-hydrogen) atoms. The second-order valence-electron chi connectivity index (χ2n) is 5.40. The number of anilines is 2. The van der Waals surface area contributed by atoms with Crippen LogP contribution in [0, 0.1) is 17.0 Å². The number of carbonyl (C=O) groups is 1. The van der Waals surface area contributed by atoms with Crippen molar-refractivity contribution >= 4 is 17.3 Å². The van der Waals surface area contributed by atoms with Crippen LogP contribution in [0.2, 0.25) is 0 Å². The fraction of sp³-hybridized carbons (Fsp3) is 0.500. The first-order valence-corrected chi connectivity index (χ1v) is 6.49. The molecule has 1 amide bonds. The Morgan fingerprint density at radius 3 is 2.53 bits per heavy atom. The summed E-state index contributed by atoms with van der Waals surface area (Å²) in [6, 6.07) is 2.19. The van der Waals surface area contributed by atoms with Gasteiger partial charge in [-0.2, -0.15) is 0 Å². The van der Waals surface area contributed by atoms with Crippen LogP contribution >= 0.6 is 0 Å². The maximum absolute atomic E-state index is 13.6. The van der Waals surface area contributed by atoms with E-state index >= 15 is 0 Å². The highest BCUT2D eigenvalue weighted by atomic mass is 19.2. The van der Waals surface area contributed by atoms with Crippen molar-refractivity contribution in [2.75, 3.05) is 11.1 Å². The Labute approximate surface area is 111 Å². The van der Waals surface area contributed by atoms with E-state index in [1.807, 2.05) is 6.92 Å². The van der Waals surface area contributed by atoms with E-state index in [4.69, 9.17) is 5.73 Å². The maximum Gasteiger partial charge on any atom is 0.230 e. The normalized spacial score (nSPS) is 18.1. The number of carbonyl (C=O) groups excluding carboxylic acids is 1. The van der Waals surface area contributed by atoms with Crippen LogP contribution in [0.3, 0.4) is 0 Å². The summed E-state index contributed by atoms with van der Waals surface area (Å²) in [4.78, 5) is 12.2. The highest BCUT2D eigenvalue weighted by Gasteiger charge is 2.35. The molecule has 0 bridgehead atoms. The Hall–Kier alpha value is -1.65. The number of hydrogen-bond acceptors (Lipinski definition) is 2. The molecule has 0 unspecified atom stereocenters. The lowest BCUT2D eigenvalue weighted by Gasteiger charge is -2.32. The van der Waals surface area contributed by atoms with Crippen LogP contribution in [-0.2, 0) is 4.79 Å². The van der Waals surface area contributed by atoms with Gasteiger partial charge in [0.25, 0.3) is 0 Å². The van der Waals surface area contributed by atoms with E-state index in [1.165, 1.54) is 6.07 Å². The highest BCUT2D eigenvalue weighted by Crippen LogP contribution is 2.37. The standard InChI is InChI=1S/C14H18F2N2O/c1-14(7-3-2-4-8-14)13(19)18-12-10(17)6-5-9(15)11(12)16/h5-6H,2-4,7-8,17H2,1H3,(H,18,19). The molecule has 104 valence electrons. The van der Waals surface area contributed by atoms with Gasteiger partial charge in [0.1, 0.15) is 5.69 Å². The molecule has 0 atom stereocenters. The number of hydrogen-bond donors (Lipinski definition) is 2. The smallest absolute Gasteiger partial charge is 0.230 e. The van der Waals surface area contributed by atoms with Crippen molar-refractivity contribution in [3.63, 3.8) is 0 Å². The van der Waals surface area contributed by atoms with Crippen LogP contribution in [-0.4, -0.2) is 5.91 Å². The lowest BCUT2D eigenvalue weighted by Crippen LogP contribution is -2.35. The van der Waals surface area contributed by atoms with E-state index in [1.54, 1.807) is 0 Å². The summed E-state index contributed by atoms with van der Waals surface area (Å²) >= 11 is 0. The molecule has 0 aliphatic heterocycles. The minimum atomic E-state index is -1.10. The molecule has 1 aromatic rings. The van der Waals surface area contributed by atoms with Crippen LogP contribution < -0.4 is 11.1 Å². The second-order valence-corrected chi connectivity index (χ2v) is 5.40. The Morgan fingerprint density at radius 2 is 1.89 bits per heavy atom. The summed E-state index contributed by atoms with van der Waals surface area (Å²) in [5.74, 6) is -2.41. The molecule has 5 heteroatoms. The fourth-order valence-corrected chi connectivity index (χ4v) is 2.52. The Morgan fingerprint density at radius 1 is 1.26 bits per heavy atom. The van der Waals surface area contributed by atoms with Gasteiger partial charge >= 0.3 is 0 Å². The molecule has 1 aromatic carbocycles. The molecule has 1 saturated carbocycles. The van der Waals surface area contributed by atoms with Crippen LogP contribution in [0.1, 0.15) is 39.0 Å². The first-order valence-electron chi connectivity index (χ1n) is 6.49. The third-order valence-electron chi connectivity index (χ3n) is 3.87. The van der Waals surface area contributed by atoms with Crippen molar-refractivity contribution in [2.24, 2.45) is 5.41 Å². The van der Waals surface area contributed by atoms with E-state index in [-0.39, 0.29) is 17.3 Å². The Bertz CT molecular complexity index is 496. The van der Waals surface area contributed by atoms with Crippen molar-refractivity contribution in [3.8, 4) is 0 Å². The van der Waals surface area contributed by atoms with Gasteiger partial charge in [-0.1, -0.05) is 26.2 Å². The summed E-state index contributed by atoms with van der Waals surface area (Å²) in [7, 11) is 0. The zero-order valence-electron chi connectivity index (χ0n) is 10.9. The van der Waals surface area contributed by atoms with Crippen molar-refractivity contribution in [2.45, 2.75) is 39.0 Å². The van der Waals surface area contributed by atoms with Gasteiger partial charge in [0, 0.05) is 5.41 Å². The number of benzene rings is 1. The second kappa shape index (κ2) is 5.15. The molecular weight excluding hydrogens is 250 g/mol. The Kier molecular flexibility index (Phi) is 3.73. The van der Waals surface area contributed by atoms with Gasteiger partial charge in [-0.3, -0.25) is 4.79 Å². The van der Waals surface area contributed by atoms with Gasteiger partial charge in [0.05, 0.1) is 5.69 Å². The van der Waals surface area contributed by atoms with Gasteiger partial charge in [-0.15, -0.1) is 0 Å². The summed E-state index contributed by atoms with van der Waals surface area (Å²) < 4.78 is 26.8. The summed E-state index contributed by atoms with van der Waals surface area (Å²) in [6.07, 6.45) is 4.58. The molecular formula is C14H18F2N2O. The third-order valence-corrected chi connectivity index (χ3v) is 3.87. The van der Waals surface area contributed by atoms with E-state index in [0.29, 0.717) is 0 Å². The highest BCUT2D eigenvalue weighted by molar-refractivity contribution is 5.97. The SMILES string of the molecule is CC1(C(=O)Nc2c(N)ccc(F)c2F)CCCCC1. The molecule has 0 radical (unpaired) electrons. The van der Waals surface area contributed by atoms with Crippen LogP contribution in [0.25, 0.3) is 0 Å². The fourth-order valence-electron chi connectivity index (χ4n) is 2.52. The topological polar surface area (TPSA) is 55.1 Å². The lowest BCUT2D eigenvalue weighted by molar-refractivity contribution is -0.126. The van der Waals surface area contributed by atoms with E-state index in [2.05, 4.69) is 5.32 Å².